The van der Waals surface area contributed by atoms with E-state index in [4.69, 9.17) is 20.8 Å². The Morgan fingerprint density at radius 1 is 1.04 bits per heavy atom. The number of anilines is 1. The van der Waals surface area contributed by atoms with Gasteiger partial charge in [0, 0.05) is 10.7 Å². The number of amides is 1. The Balaban J connectivity index is 1.66. The molecular formula is C21H20ClNO3. The van der Waals surface area contributed by atoms with Crippen molar-refractivity contribution >= 4 is 23.2 Å². The van der Waals surface area contributed by atoms with Gasteiger partial charge >= 0.3 is 0 Å². The first-order chi connectivity index (χ1) is 12.4. The van der Waals surface area contributed by atoms with Crippen molar-refractivity contribution < 1.29 is 13.9 Å². The summed E-state index contributed by atoms with van der Waals surface area (Å²) in [5, 5.41) is 3.57. The first-order valence-electron chi connectivity index (χ1n) is 8.29. The van der Waals surface area contributed by atoms with Crippen LogP contribution in [-0.4, -0.2) is 5.91 Å². The highest BCUT2D eigenvalue weighted by molar-refractivity contribution is 6.30. The molecule has 3 aromatic rings. The lowest BCUT2D eigenvalue weighted by Crippen LogP contribution is -2.13. The maximum absolute atomic E-state index is 12.4. The lowest BCUT2D eigenvalue weighted by molar-refractivity contribution is 0.0992. The Morgan fingerprint density at radius 3 is 2.46 bits per heavy atom. The van der Waals surface area contributed by atoms with Crippen LogP contribution in [0.1, 0.15) is 33.0 Å². The molecular weight excluding hydrogens is 350 g/mol. The summed E-state index contributed by atoms with van der Waals surface area (Å²) in [6.07, 6.45) is 0. The molecule has 0 unspecified atom stereocenters. The van der Waals surface area contributed by atoms with Crippen molar-refractivity contribution in [2.45, 2.75) is 27.4 Å². The maximum atomic E-state index is 12.4. The number of ether oxygens (including phenoxy) is 1. The van der Waals surface area contributed by atoms with Gasteiger partial charge in [-0.25, -0.2) is 0 Å². The predicted molar refractivity (Wildman–Crippen MR) is 103 cm³/mol. The van der Waals surface area contributed by atoms with Crippen LogP contribution in [0.5, 0.6) is 5.75 Å². The van der Waals surface area contributed by atoms with Gasteiger partial charge in [0.2, 0.25) is 0 Å². The fourth-order valence-corrected chi connectivity index (χ4v) is 2.91. The van der Waals surface area contributed by atoms with Gasteiger partial charge in [0.05, 0.1) is 0 Å². The van der Waals surface area contributed by atoms with Crippen molar-refractivity contribution in [1.29, 1.82) is 0 Å². The summed E-state index contributed by atoms with van der Waals surface area (Å²) in [7, 11) is 0. The van der Waals surface area contributed by atoms with Gasteiger partial charge in [-0.05, 0) is 67.8 Å². The topological polar surface area (TPSA) is 51.5 Å². The third-order valence-corrected chi connectivity index (χ3v) is 4.35. The quantitative estimate of drug-likeness (QED) is 0.628. The van der Waals surface area contributed by atoms with E-state index in [2.05, 4.69) is 5.32 Å². The summed E-state index contributed by atoms with van der Waals surface area (Å²) in [6.45, 7) is 6.07. The molecule has 134 valence electrons. The van der Waals surface area contributed by atoms with Gasteiger partial charge < -0.3 is 14.5 Å². The van der Waals surface area contributed by atoms with E-state index >= 15 is 0 Å². The molecule has 1 heterocycles. The second-order valence-electron chi connectivity index (χ2n) is 6.19. The average molecular weight is 370 g/mol. The van der Waals surface area contributed by atoms with Crippen LogP contribution in [0.15, 0.2) is 52.9 Å². The number of carbonyl (C=O) groups is 1. The standard InChI is InChI=1S/C21H20ClNO3/c1-13-5-4-6-14(2)20(13)23-21(24)19-10-8-17(26-19)12-25-18-9-7-16(22)11-15(18)3/h4-11H,12H2,1-3H3,(H,23,24). The van der Waals surface area contributed by atoms with E-state index in [1.54, 1.807) is 18.2 Å². The fourth-order valence-electron chi connectivity index (χ4n) is 2.69. The van der Waals surface area contributed by atoms with E-state index < -0.39 is 0 Å². The molecule has 0 aliphatic rings. The minimum atomic E-state index is -0.281. The Bertz CT molecular complexity index is 926. The molecule has 0 aliphatic carbocycles. The largest absolute Gasteiger partial charge is 0.485 e. The molecule has 4 nitrogen and oxygen atoms in total. The summed E-state index contributed by atoms with van der Waals surface area (Å²) >= 11 is 5.94. The Kier molecular flexibility index (Phi) is 5.33. The number of halogens is 1. The minimum absolute atomic E-state index is 0.235. The molecule has 0 saturated heterocycles. The monoisotopic (exact) mass is 369 g/mol. The van der Waals surface area contributed by atoms with E-state index in [1.165, 1.54) is 0 Å². The molecule has 0 bridgehead atoms. The molecule has 5 heteroatoms. The zero-order valence-corrected chi connectivity index (χ0v) is 15.7. The highest BCUT2D eigenvalue weighted by atomic mass is 35.5. The minimum Gasteiger partial charge on any atom is -0.485 e. The van der Waals surface area contributed by atoms with Crippen molar-refractivity contribution in [3.63, 3.8) is 0 Å². The molecule has 26 heavy (non-hydrogen) atoms. The summed E-state index contributed by atoms with van der Waals surface area (Å²) in [6, 6.07) is 14.7. The van der Waals surface area contributed by atoms with Gasteiger partial charge in [-0.2, -0.15) is 0 Å². The van der Waals surface area contributed by atoms with Crippen molar-refractivity contribution in [2.75, 3.05) is 5.32 Å². The average Bonchev–Trinajstić information content (AvgIpc) is 3.06. The van der Waals surface area contributed by atoms with E-state index in [0.29, 0.717) is 10.8 Å². The number of aryl methyl sites for hydroxylation is 3. The second kappa shape index (κ2) is 7.67. The number of para-hydroxylation sites is 1. The van der Waals surface area contributed by atoms with Gasteiger partial charge in [0.1, 0.15) is 18.1 Å². The molecule has 0 saturated carbocycles. The number of benzene rings is 2. The molecule has 0 spiro atoms. The Labute approximate surface area is 157 Å². The molecule has 1 amide bonds. The van der Waals surface area contributed by atoms with Crippen molar-refractivity contribution in [3.8, 4) is 5.75 Å². The SMILES string of the molecule is Cc1cc(Cl)ccc1OCc1ccc(C(=O)Nc2c(C)cccc2C)o1. The van der Waals surface area contributed by atoms with Crippen LogP contribution < -0.4 is 10.1 Å². The normalized spacial score (nSPS) is 10.6. The molecule has 2 aromatic carbocycles. The van der Waals surface area contributed by atoms with Gasteiger partial charge in [-0.15, -0.1) is 0 Å². The van der Waals surface area contributed by atoms with Crippen molar-refractivity contribution in [2.24, 2.45) is 0 Å². The number of hydrogen-bond donors (Lipinski definition) is 1. The number of furan rings is 1. The molecule has 0 aliphatic heterocycles. The Hall–Kier alpha value is -2.72. The lowest BCUT2D eigenvalue weighted by Gasteiger charge is -2.10. The van der Waals surface area contributed by atoms with Crippen LogP contribution in [0, 0.1) is 20.8 Å². The highest BCUT2D eigenvalue weighted by Crippen LogP contribution is 2.24. The Morgan fingerprint density at radius 2 is 1.77 bits per heavy atom. The lowest BCUT2D eigenvalue weighted by atomic mass is 10.1. The smallest absolute Gasteiger partial charge is 0.291 e. The van der Waals surface area contributed by atoms with E-state index in [-0.39, 0.29) is 18.3 Å². The van der Waals surface area contributed by atoms with Crippen LogP contribution >= 0.6 is 11.6 Å². The molecule has 0 fully saturated rings. The molecule has 0 radical (unpaired) electrons. The summed E-state index contributed by atoms with van der Waals surface area (Å²) < 4.78 is 11.4. The zero-order valence-electron chi connectivity index (χ0n) is 14.9. The summed E-state index contributed by atoms with van der Waals surface area (Å²) in [4.78, 5) is 12.4. The van der Waals surface area contributed by atoms with E-state index in [9.17, 15) is 4.79 Å². The van der Waals surface area contributed by atoms with Crippen molar-refractivity contribution in [3.05, 3.63) is 81.8 Å². The van der Waals surface area contributed by atoms with E-state index in [1.807, 2.05) is 51.1 Å². The first kappa shape index (κ1) is 18.1. The number of nitrogens with one attached hydrogen (secondary N) is 1. The number of rotatable bonds is 5. The summed E-state index contributed by atoms with van der Waals surface area (Å²) in [5.41, 5.74) is 3.76. The number of carbonyl (C=O) groups excluding carboxylic acids is 1. The van der Waals surface area contributed by atoms with Crippen molar-refractivity contribution in [1.82, 2.24) is 0 Å². The van der Waals surface area contributed by atoms with Gasteiger partial charge in [-0.1, -0.05) is 29.8 Å². The third-order valence-electron chi connectivity index (χ3n) is 4.11. The molecule has 0 atom stereocenters. The highest BCUT2D eigenvalue weighted by Gasteiger charge is 2.14. The third kappa shape index (κ3) is 4.09. The van der Waals surface area contributed by atoms with Gasteiger partial charge in [-0.3, -0.25) is 4.79 Å². The second-order valence-corrected chi connectivity index (χ2v) is 6.62. The van der Waals surface area contributed by atoms with Gasteiger partial charge in [0.25, 0.3) is 5.91 Å². The van der Waals surface area contributed by atoms with E-state index in [0.717, 1.165) is 28.1 Å². The van der Waals surface area contributed by atoms with Crippen LogP contribution in [0.25, 0.3) is 0 Å². The first-order valence-corrected chi connectivity index (χ1v) is 8.67. The zero-order chi connectivity index (χ0) is 18.7. The van der Waals surface area contributed by atoms with Gasteiger partial charge in [0.15, 0.2) is 5.76 Å². The molecule has 3 rings (SSSR count). The van der Waals surface area contributed by atoms with Crippen LogP contribution in [-0.2, 0) is 6.61 Å². The maximum Gasteiger partial charge on any atom is 0.291 e. The fraction of sp³-hybridized carbons (Fsp3) is 0.190. The predicted octanol–water partition coefficient (Wildman–Crippen LogP) is 5.69. The van der Waals surface area contributed by atoms with Crippen LogP contribution in [0.2, 0.25) is 5.02 Å². The molecule has 1 N–H and O–H groups in total. The molecule has 1 aromatic heterocycles. The number of hydrogen-bond acceptors (Lipinski definition) is 3. The van der Waals surface area contributed by atoms with Crippen LogP contribution in [0.3, 0.4) is 0 Å². The van der Waals surface area contributed by atoms with Crippen LogP contribution in [0.4, 0.5) is 5.69 Å². The summed E-state index contributed by atoms with van der Waals surface area (Å²) in [5.74, 6) is 1.27.